The Morgan fingerprint density at radius 3 is 2.50 bits per heavy atom. The third-order valence-electron chi connectivity index (χ3n) is 3.05. The molecule has 18 heavy (non-hydrogen) atoms. The van der Waals surface area contributed by atoms with E-state index in [1.807, 2.05) is 45.0 Å². The number of benzene rings is 1. The zero-order chi connectivity index (χ0) is 13.1. The molecule has 0 aliphatic heterocycles. The van der Waals surface area contributed by atoms with Crippen LogP contribution in [0.3, 0.4) is 0 Å². The molecule has 94 valence electrons. The minimum atomic E-state index is 0.392. The number of aromatic nitrogens is 2. The van der Waals surface area contributed by atoms with Crippen LogP contribution in [0.5, 0.6) is 11.6 Å². The summed E-state index contributed by atoms with van der Waals surface area (Å²) in [6.07, 6.45) is 0. The fraction of sp³-hybridized carbons (Fsp3) is 0.286. The molecule has 0 saturated carbocycles. The molecule has 1 aromatic heterocycles. The van der Waals surface area contributed by atoms with E-state index in [1.54, 1.807) is 0 Å². The van der Waals surface area contributed by atoms with Crippen molar-refractivity contribution in [2.24, 2.45) is 5.73 Å². The smallest absolute Gasteiger partial charge is 0.243 e. The van der Waals surface area contributed by atoms with Gasteiger partial charge in [0.25, 0.3) is 0 Å². The summed E-state index contributed by atoms with van der Waals surface area (Å²) in [7, 11) is 0. The molecule has 0 radical (unpaired) electrons. The predicted molar refractivity (Wildman–Crippen MR) is 70.7 cm³/mol. The second-order valence-corrected chi connectivity index (χ2v) is 4.27. The molecule has 0 bridgehead atoms. The Kier molecular flexibility index (Phi) is 3.58. The molecule has 0 fully saturated rings. The van der Waals surface area contributed by atoms with Gasteiger partial charge in [-0.3, -0.25) is 0 Å². The number of hydrogen-bond donors (Lipinski definition) is 1. The van der Waals surface area contributed by atoms with Crippen molar-refractivity contribution in [3.8, 4) is 11.6 Å². The zero-order valence-electron chi connectivity index (χ0n) is 10.9. The van der Waals surface area contributed by atoms with Crippen molar-refractivity contribution < 1.29 is 4.74 Å². The Bertz CT molecular complexity index is 567. The van der Waals surface area contributed by atoms with Gasteiger partial charge in [0.2, 0.25) is 5.88 Å². The summed E-state index contributed by atoms with van der Waals surface area (Å²) in [5, 5.41) is 8.18. The molecule has 2 aromatic rings. The molecule has 0 aliphatic carbocycles. The van der Waals surface area contributed by atoms with Crippen LogP contribution in [0.4, 0.5) is 0 Å². The van der Waals surface area contributed by atoms with E-state index in [4.69, 9.17) is 10.5 Å². The first-order chi connectivity index (χ1) is 8.63. The van der Waals surface area contributed by atoms with Crippen LogP contribution in [0, 0.1) is 20.8 Å². The molecular weight excluding hydrogens is 226 g/mol. The Morgan fingerprint density at radius 2 is 1.83 bits per heavy atom. The fourth-order valence-electron chi connectivity index (χ4n) is 1.73. The average Bonchev–Trinajstić information content (AvgIpc) is 2.37. The van der Waals surface area contributed by atoms with Crippen molar-refractivity contribution >= 4 is 0 Å². The van der Waals surface area contributed by atoms with E-state index in [9.17, 15) is 0 Å². The molecule has 0 atom stereocenters. The van der Waals surface area contributed by atoms with Gasteiger partial charge in [-0.25, -0.2) is 0 Å². The van der Waals surface area contributed by atoms with Gasteiger partial charge < -0.3 is 10.5 Å². The van der Waals surface area contributed by atoms with Crippen molar-refractivity contribution in [3.05, 3.63) is 46.6 Å². The Morgan fingerprint density at radius 1 is 1.11 bits per heavy atom. The summed E-state index contributed by atoms with van der Waals surface area (Å²) in [6.45, 7) is 6.28. The molecule has 2 N–H and O–H groups in total. The van der Waals surface area contributed by atoms with E-state index in [1.165, 1.54) is 0 Å². The number of nitrogens with zero attached hydrogens (tertiary/aromatic N) is 2. The van der Waals surface area contributed by atoms with Crippen molar-refractivity contribution in [2.75, 3.05) is 0 Å². The van der Waals surface area contributed by atoms with Crippen molar-refractivity contribution in [1.29, 1.82) is 0 Å². The topological polar surface area (TPSA) is 61.0 Å². The highest BCUT2D eigenvalue weighted by molar-refractivity contribution is 5.40. The van der Waals surface area contributed by atoms with Crippen molar-refractivity contribution in [2.45, 2.75) is 27.3 Å². The van der Waals surface area contributed by atoms with Gasteiger partial charge in [0, 0.05) is 12.1 Å². The van der Waals surface area contributed by atoms with Gasteiger partial charge in [-0.1, -0.05) is 18.2 Å². The highest BCUT2D eigenvalue weighted by atomic mass is 16.5. The lowest BCUT2D eigenvalue weighted by molar-refractivity contribution is 0.443. The molecule has 1 aromatic carbocycles. The van der Waals surface area contributed by atoms with Crippen LogP contribution >= 0.6 is 0 Å². The third kappa shape index (κ3) is 2.33. The summed E-state index contributed by atoms with van der Waals surface area (Å²) in [6, 6.07) is 7.80. The SMILES string of the molecule is Cc1ccccc1Oc1nnc(C)c(C)c1CN. The van der Waals surface area contributed by atoms with Crippen LogP contribution in [-0.4, -0.2) is 10.2 Å². The number of ether oxygens (including phenoxy) is 1. The van der Waals surface area contributed by atoms with Crippen LogP contribution in [0.15, 0.2) is 24.3 Å². The van der Waals surface area contributed by atoms with E-state index >= 15 is 0 Å². The summed E-state index contributed by atoms with van der Waals surface area (Å²) in [5.74, 6) is 1.28. The van der Waals surface area contributed by atoms with Crippen LogP contribution < -0.4 is 10.5 Å². The molecule has 2 rings (SSSR count). The summed E-state index contributed by atoms with van der Waals surface area (Å²) in [4.78, 5) is 0. The molecule has 0 aliphatic rings. The molecule has 4 nitrogen and oxygen atoms in total. The molecule has 0 spiro atoms. The molecule has 0 amide bonds. The number of nitrogens with two attached hydrogens (primary N) is 1. The van der Waals surface area contributed by atoms with Gasteiger partial charge in [-0.05, 0) is 38.0 Å². The molecule has 4 heteroatoms. The second-order valence-electron chi connectivity index (χ2n) is 4.27. The maximum atomic E-state index is 5.81. The number of hydrogen-bond acceptors (Lipinski definition) is 4. The van der Waals surface area contributed by atoms with Crippen LogP contribution in [0.2, 0.25) is 0 Å². The first-order valence-corrected chi connectivity index (χ1v) is 5.89. The lowest BCUT2D eigenvalue weighted by Crippen LogP contribution is -2.07. The first kappa shape index (κ1) is 12.5. The third-order valence-corrected chi connectivity index (χ3v) is 3.05. The quantitative estimate of drug-likeness (QED) is 0.900. The standard InChI is InChI=1S/C14H17N3O/c1-9-6-4-5-7-13(9)18-14-12(8-15)10(2)11(3)16-17-14/h4-7H,8,15H2,1-3H3. The van der Waals surface area contributed by atoms with Crippen LogP contribution in [-0.2, 0) is 6.54 Å². The number of aryl methyl sites for hydroxylation is 2. The highest BCUT2D eigenvalue weighted by Gasteiger charge is 2.12. The largest absolute Gasteiger partial charge is 0.437 e. The highest BCUT2D eigenvalue weighted by Crippen LogP contribution is 2.27. The van der Waals surface area contributed by atoms with Crippen LogP contribution in [0.1, 0.15) is 22.4 Å². The van der Waals surface area contributed by atoms with E-state index < -0.39 is 0 Å². The van der Waals surface area contributed by atoms with Crippen molar-refractivity contribution in [1.82, 2.24) is 10.2 Å². The maximum Gasteiger partial charge on any atom is 0.243 e. The van der Waals surface area contributed by atoms with E-state index in [0.717, 1.165) is 28.1 Å². The normalized spacial score (nSPS) is 10.4. The van der Waals surface area contributed by atoms with Crippen molar-refractivity contribution in [3.63, 3.8) is 0 Å². The fourth-order valence-corrected chi connectivity index (χ4v) is 1.73. The van der Waals surface area contributed by atoms with E-state index in [0.29, 0.717) is 12.4 Å². The minimum Gasteiger partial charge on any atom is -0.437 e. The lowest BCUT2D eigenvalue weighted by Gasteiger charge is -2.13. The molecule has 0 saturated heterocycles. The maximum absolute atomic E-state index is 5.81. The van der Waals surface area contributed by atoms with Crippen LogP contribution in [0.25, 0.3) is 0 Å². The summed E-state index contributed by atoms with van der Waals surface area (Å²) >= 11 is 0. The van der Waals surface area contributed by atoms with Gasteiger partial charge >= 0.3 is 0 Å². The summed E-state index contributed by atoms with van der Waals surface area (Å²) in [5.41, 5.74) is 9.65. The van der Waals surface area contributed by atoms with E-state index in [-0.39, 0.29) is 0 Å². The Hall–Kier alpha value is -1.94. The van der Waals surface area contributed by atoms with E-state index in [2.05, 4.69) is 10.2 Å². The van der Waals surface area contributed by atoms with Gasteiger partial charge in [0.05, 0.1) is 5.69 Å². The molecular formula is C14H17N3O. The lowest BCUT2D eigenvalue weighted by atomic mass is 10.1. The van der Waals surface area contributed by atoms with Gasteiger partial charge in [0.1, 0.15) is 5.75 Å². The van der Waals surface area contributed by atoms with Gasteiger partial charge in [0.15, 0.2) is 0 Å². The molecule has 0 unspecified atom stereocenters. The van der Waals surface area contributed by atoms with Gasteiger partial charge in [-0.2, -0.15) is 5.10 Å². The minimum absolute atomic E-state index is 0.392. The monoisotopic (exact) mass is 243 g/mol. The summed E-state index contributed by atoms with van der Waals surface area (Å²) < 4.78 is 5.81. The molecule has 1 heterocycles. The Balaban J connectivity index is 2.41. The number of para-hydroxylation sites is 1. The van der Waals surface area contributed by atoms with Gasteiger partial charge in [-0.15, -0.1) is 5.10 Å². The first-order valence-electron chi connectivity index (χ1n) is 5.89. The zero-order valence-corrected chi connectivity index (χ0v) is 10.9. The predicted octanol–water partition coefficient (Wildman–Crippen LogP) is 2.65. The second kappa shape index (κ2) is 5.14. The number of rotatable bonds is 3. The average molecular weight is 243 g/mol. The Labute approximate surface area is 107 Å².